The molecule has 0 radical (unpaired) electrons. The van der Waals surface area contributed by atoms with Gasteiger partial charge in [-0.25, -0.2) is 0 Å². The minimum atomic E-state index is -0.492. The summed E-state index contributed by atoms with van der Waals surface area (Å²) in [6.45, 7) is 3.70. The van der Waals surface area contributed by atoms with E-state index in [1.54, 1.807) is 24.5 Å². The number of carbonyl (C=O) groups is 1. The van der Waals surface area contributed by atoms with E-state index in [2.05, 4.69) is 9.88 Å². The number of pyridine rings is 1. The van der Waals surface area contributed by atoms with Crippen molar-refractivity contribution >= 4 is 5.91 Å². The zero-order valence-electron chi connectivity index (χ0n) is 13.7. The molecule has 1 saturated heterocycles. The lowest BCUT2D eigenvalue weighted by Crippen LogP contribution is -2.36. The second-order valence-electron chi connectivity index (χ2n) is 6.11. The third-order valence-electron chi connectivity index (χ3n) is 4.42. The molecule has 5 heteroatoms. The maximum Gasteiger partial charge on any atom is 0.254 e. The molecule has 1 unspecified atom stereocenters. The van der Waals surface area contributed by atoms with Crippen LogP contribution in [0.3, 0.4) is 0 Å². The number of amides is 1. The molecule has 1 amide bonds. The Balaban J connectivity index is 1.56. The number of aromatic nitrogens is 1. The van der Waals surface area contributed by atoms with Crippen molar-refractivity contribution in [2.45, 2.75) is 12.5 Å². The van der Waals surface area contributed by atoms with Crippen LogP contribution in [-0.4, -0.2) is 58.5 Å². The van der Waals surface area contributed by atoms with Gasteiger partial charge in [0.1, 0.15) is 0 Å². The fourth-order valence-electron chi connectivity index (χ4n) is 3.06. The fraction of sp³-hybridized carbons (Fsp3) is 0.368. The Morgan fingerprint density at radius 2 is 1.79 bits per heavy atom. The van der Waals surface area contributed by atoms with Crippen molar-refractivity contribution in [3.05, 3.63) is 66.0 Å². The Kier molecular flexibility index (Phi) is 5.56. The molecular formula is C19H23N3O2. The quantitative estimate of drug-likeness (QED) is 0.934. The number of hydrogen-bond donors (Lipinski definition) is 1. The van der Waals surface area contributed by atoms with Crippen molar-refractivity contribution in [3.63, 3.8) is 0 Å². The first kappa shape index (κ1) is 16.6. The Labute approximate surface area is 142 Å². The van der Waals surface area contributed by atoms with Gasteiger partial charge in [-0.2, -0.15) is 0 Å². The fourth-order valence-corrected chi connectivity index (χ4v) is 3.06. The molecule has 0 saturated carbocycles. The van der Waals surface area contributed by atoms with Gasteiger partial charge in [-0.15, -0.1) is 0 Å². The average molecular weight is 325 g/mol. The van der Waals surface area contributed by atoms with Gasteiger partial charge in [-0.3, -0.25) is 14.7 Å². The predicted molar refractivity (Wildman–Crippen MR) is 92.6 cm³/mol. The lowest BCUT2D eigenvalue weighted by molar-refractivity contribution is 0.0754. The van der Waals surface area contributed by atoms with Gasteiger partial charge >= 0.3 is 0 Å². The summed E-state index contributed by atoms with van der Waals surface area (Å²) in [4.78, 5) is 20.6. The predicted octanol–water partition coefficient (Wildman–Crippen LogP) is 1.96. The van der Waals surface area contributed by atoms with Crippen molar-refractivity contribution in [2.24, 2.45) is 0 Å². The first-order chi connectivity index (χ1) is 11.7. The van der Waals surface area contributed by atoms with Crippen LogP contribution < -0.4 is 0 Å². The number of benzene rings is 1. The number of hydrogen-bond acceptors (Lipinski definition) is 4. The van der Waals surface area contributed by atoms with E-state index in [0.29, 0.717) is 18.7 Å². The maximum absolute atomic E-state index is 12.5. The van der Waals surface area contributed by atoms with Crippen LogP contribution in [-0.2, 0) is 0 Å². The second kappa shape index (κ2) is 8.04. The highest BCUT2D eigenvalue weighted by Crippen LogP contribution is 2.15. The van der Waals surface area contributed by atoms with E-state index in [1.807, 2.05) is 35.2 Å². The van der Waals surface area contributed by atoms with Crippen LogP contribution in [0.1, 0.15) is 28.4 Å². The number of aliphatic hydroxyl groups excluding tert-OH is 1. The van der Waals surface area contributed by atoms with Gasteiger partial charge in [-0.05, 0) is 24.1 Å². The van der Waals surface area contributed by atoms with Crippen molar-refractivity contribution in [3.8, 4) is 0 Å². The van der Waals surface area contributed by atoms with E-state index in [0.717, 1.165) is 31.6 Å². The Bertz CT molecular complexity index is 648. The molecule has 2 aromatic rings. The van der Waals surface area contributed by atoms with Gasteiger partial charge in [0.15, 0.2) is 0 Å². The lowest BCUT2D eigenvalue weighted by atomic mass is 10.1. The van der Waals surface area contributed by atoms with Crippen LogP contribution in [0.4, 0.5) is 0 Å². The number of carbonyl (C=O) groups excluding carboxylic acids is 1. The molecule has 1 aromatic heterocycles. The first-order valence-electron chi connectivity index (χ1n) is 8.39. The summed E-state index contributed by atoms with van der Waals surface area (Å²) in [5.74, 6) is 0.0582. The molecule has 24 heavy (non-hydrogen) atoms. The minimum Gasteiger partial charge on any atom is -0.387 e. The molecule has 0 aliphatic carbocycles. The summed E-state index contributed by atoms with van der Waals surface area (Å²) < 4.78 is 0. The maximum atomic E-state index is 12.5. The molecule has 1 aliphatic rings. The Hall–Kier alpha value is -2.24. The number of aliphatic hydroxyl groups is 1. The van der Waals surface area contributed by atoms with E-state index >= 15 is 0 Å². The molecule has 126 valence electrons. The van der Waals surface area contributed by atoms with Crippen LogP contribution in [0.5, 0.6) is 0 Å². The minimum absolute atomic E-state index is 0.0582. The van der Waals surface area contributed by atoms with Gasteiger partial charge in [0.25, 0.3) is 5.91 Å². The number of nitrogens with zero attached hydrogens (tertiary/aromatic N) is 3. The SMILES string of the molecule is O=C(c1ccncc1)N1CCCN(CC(O)c2ccccc2)CC1. The highest BCUT2D eigenvalue weighted by atomic mass is 16.3. The van der Waals surface area contributed by atoms with Gasteiger partial charge in [-0.1, -0.05) is 30.3 Å². The topological polar surface area (TPSA) is 56.7 Å². The summed E-state index contributed by atoms with van der Waals surface area (Å²) >= 11 is 0. The van der Waals surface area contributed by atoms with Gasteiger partial charge in [0, 0.05) is 50.7 Å². The van der Waals surface area contributed by atoms with E-state index < -0.39 is 6.10 Å². The van der Waals surface area contributed by atoms with Gasteiger partial charge in [0.2, 0.25) is 0 Å². The van der Waals surface area contributed by atoms with Gasteiger partial charge in [0.05, 0.1) is 6.10 Å². The molecule has 2 heterocycles. The average Bonchev–Trinajstić information content (AvgIpc) is 2.88. The molecule has 5 nitrogen and oxygen atoms in total. The second-order valence-corrected chi connectivity index (χ2v) is 6.11. The van der Waals surface area contributed by atoms with E-state index in [4.69, 9.17) is 0 Å². The van der Waals surface area contributed by atoms with Crippen LogP contribution in [0.25, 0.3) is 0 Å². The summed E-state index contributed by atoms with van der Waals surface area (Å²) in [6, 6.07) is 13.2. The van der Waals surface area contributed by atoms with Crippen molar-refractivity contribution in [1.29, 1.82) is 0 Å². The van der Waals surface area contributed by atoms with Crippen molar-refractivity contribution < 1.29 is 9.90 Å². The molecule has 1 aromatic carbocycles. The zero-order valence-corrected chi connectivity index (χ0v) is 13.7. The van der Waals surface area contributed by atoms with E-state index in [1.165, 1.54) is 0 Å². The van der Waals surface area contributed by atoms with Crippen molar-refractivity contribution in [2.75, 3.05) is 32.7 Å². The van der Waals surface area contributed by atoms with Crippen LogP contribution in [0.2, 0.25) is 0 Å². The highest BCUT2D eigenvalue weighted by molar-refractivity contribution is 5.94. The molecule has 1 N–H and O–H groups in total. The zero-order chi connectivity index (χ0) is 16.8. The normalized spacial score (nSPS) is 17.3. The third-order valence-corrected chi connectivity index (χ3v) is 4.42. The molecule has 0 bridgehead atoms. The smallest absolute Gasteiger partial charge is 0.254 e. The van der Waals surface area contributed by atoms with E-state index in [-0.39, 0.29) is 5.91 Å². The lowest BCUT2D eigenvalue weighted by Gasteiger charge is -2.24. The van der Waals surface area contributed by atoms with Crippen molar-refractivity contribution in [1.82, 2.24) is 14.8 Å². The molecule has 3 rings (SSSR count). The number of rotatable bonds is 4. The van der Waals surface area contributed by atoms with Gasteiger partial charge < -0.3 is 10.0 Å². The molecular weight excluding hydrogens is 302 g/mol. The first-order valence-corrected chi connectivity index (χ1v) is 8.39. The monoisotopic (exact) mass is 325 g/mol. The summed E-state index contributed by atoms with van der Waals surface area (Å²) in [5.41, 5.74) is 1.62. The Morgan fingerprint density at radius 1 is 1.04 bits per heavy atom. The molecule has 0 spiro atoms. The standard InChI is InChI=1S/C19H23N3O2/c23-18(16-5-2-1-3-6-16)15-21-11-4-12-22(14-13-21)19(24)17-7-9-20-10-8-17/h1-3,5-10,18,23H,4,11-15H2. The largest absolute Gasteiger partial charge is 0.387 e. The molecule has 1 aliphatic heterocycles. The van der Waals surface area contributed by atoms with E-state index in [9.17, 15) is 9.90 Å². The van der Waals surface area contributed by atoms with Crippen LogP contribution in [0.15, 0.2) is 54.9 Å². The van der Waals surface area contributed by atoms with Crippen LogP contribution >= 0.6 is 0 Å². The summed E-state index contributed by atoms with van der Waals surface area (Å²) in [7, 11) is 0. The molecule has 1 atom stereocenters. The Morgan fingerprint density at radius 3 is 2.54 bits per heavy atom. The highest BCUT2D eigenvalue weighted by Gasteiger charge is 2.21. The third kappa shape index (κ3) is 4.19. The summed E-state index contributed by atoms with van der Waals surface area (Å²) in [5, 5.41) is 10.4. The number of β-amino-alcohol motifs (C(OH)–C–C–N with tert-alkyl or cyclic N) is 1. The molecule has 1 fully saturated rings. The summed E-state index contributed by atoms with van der Waals surface area (Å²) in [6.07, 6.45) is 3.72. The van der Waals surface area contributed by atoms with Crippen LogP contribution in [0, 0.1) is 0 Å².